The molecule has 0 aliphatic rings. The van der Waals surface area contributed by atoms with Crippen molar-refractivity contribution in [2.45, 2.75) is 0 Å². The van der Waals surface area contributed by atoms with E-state index in [-0.39, 0.29) is 0 Å². The number of fused-ring (bicyclic) bond motifs is 12. The van der Waals surface area contributed by atoms with Crippen LogP contribution >= 0.6 is 22.7 Å². The van der Waals surface area contributed by atoms with E-state index in [1.165, 1.54) is 117 Å². The van der Waals surface area contributed by atoms with Crippen LogP contribution in [0.15, 0.2) is 182 Å². The number of thiophene rings is 2. The van der Waals surface area contributed by atoms with Crippen molar-refractivity contribution in [3.63, 3.8) is 0 Å². The summed E-state index contributed by atoms with van der Waals surface area (Å²) in [7, 11) is 0. The summed E-state index contributed by atoms with van der Waals surface area (Å²) in [6.45, 7) is 0. The fourth-order valence-corrected chi connectivity index (χ4v) is 11.3. The number of hydrogen-bond acceptors (Lipinski definition) is 2. The summed E-state index contributed by atoms with van der Waals surface area (Å²) in [5, 5.41) is 15.8. The average Bonchev–Trinajstić information content (AvgIpc) is 3.81. The van der Waals surface area contributed by atoms with Gasteiger partial charge in [0.2, 0.25) is 0 Å². The third kappa shape index (κ3) is 4.42. The van der Waals surface area contributed by atoms with Crippen LogP contribution in [0.1, 0.15) is 0 Å². The molecule has 12 rings (SSSR count). The van der Waals surface area contributed by atoms with Gasteiger partial charge in [-0.05, 0) is 107 Å². The molecule has 2 heterocycles. The van der Waals surface area contributed by atoms with Gasteiger partial charge in [0.15, 0.2) is 0 Å². The molecule has 54 heavy (non-hydrogen) atoms. The molecule has 10 aromatic carbocycles. The Balaban J connectivity index is 0.983. The van der Waals surface area contributed by atoms with Gasteiger partial charge in [0.25, 0.3) is 0 Å². The quantitative estimate of drug-likeness (QED) is 0.160. The lowest BCUT2D eigenvalue weighted by atomic mass is 9.85. The van der Waals surface area contributed by atoms with Gasteiger partial charge in [-0.15, -0.1) is 22.7 Å². The van der Waals surface area contributed by atoms with E-state index in [9.17, 15) is 0 Å². The summed E-state index contributed by atoms with van der Waals surface area (Å²) < 4.78 is 5.38. The maximum Gasteiger partial charge on any atom is 0.0361 e. The van der Waals surface area contributed by atoms with Gasteiger partial charge in [-0.25, -0.2) is 0 Å². The van der Waals surface area contributed by atoms with Crippen molar-refractivity contribution in [1.82, 2.24) is 0 Å². The SMILES string of the molecule is c1ccc2cc(-c3c4ccccc4c(-c4ccc(-c5ccc6c(c5)sc5ccc7c(ccc8sc9ccccc9c87)c56)cc4)c4ccccc34)ccc2c1. The molecule has 0 aliphatic heterocycles. The van der Waals surface area contributed by atoms with Gasteiger partial charge >= 0.3 is 0 Å². The van der Waals surface area contributed by atoms with Crippen LogP contribution < -0.4 is 0 Å². The second-order valence-corrected chi connectivity index (χ2v) is 16.5. The summed E-state index contributed by atoms with van der Waals surface area (Å²) in [5.74, 6) is 0. The zero-order valence-corrected chi connectivity index (χ0v) is 30.8. The minimum Gasteiger partial charge on any atom is -0.135 e. The highest BCUT2D eigenvalue weighted by molar-refractivity contribution is 7.26. The van der Waals surface area contributed by atoms with Gasteiger partial charge in [0.1, 0.15) is 0 Å². The predicted molar refractivity (Wildman–Crippen MR) is 239 cm³/mol. The Labute approximate surface area is 319 Å². The maximum absolute atomic E-state index is 2.39. The van der Waals surface area contributed by atoms with Crippen molar-refractivity contribution in [1.29, 1.82) is 0 Å². The van der Waals surface area contributed by atoms with Crippen LogP contribution in [-0.4, -0.2) is 0 Å². The van der Waals surface area contributed by atoms with Crippen LogP contribution in [0.4, 0.5) is 0 Å². The molecule has 0 atom stereocenters. The van der Waals surface area contributed by atoms with Crippen LogP contribution in [0, 0.1) is 0 Å². The summed E-state index contributed by atoms with van der Waals surface area (Å²) in [4.78, 5) is 0. The van der Waals surface area contributed by atoms with Crippen molar-refractivity contribution in [3.8, 4) is 33.4 Å². The second kappa shape index (κ2) is 11.6. The minimum absolute atomic E-state index is 1.23. The zero-order chi connectivity index (χ0) is 35.3. The van der Waals surface area contributed by atoms with Gasteiger partial charge in [0, 0.05) is 40.3 Å². The van der Waals surface area contributed by atoms with E-state index in [1.807, 2.05) is 22.7 Å². The Morgan fingerprint density at radius 2 is 0.704 bits per heavy atom. The van der Waals surface area contributed by atoms with Gasteiger partial charge in [-0.3, -0.25) is 0 Å². The van der Waals surface area contributed by atoms with Gasteiger partial charge in [-0.2, -0.15) is 0 Å². The molecule has 0 amide bonds. The topological polar surface area (TPSA) is 0 Å². The summed E-state index contributed by atoms with van der Waals surface area (Å²) in [6.07, 6.45) is 0. The third-order valence-electron chi connectivity index (χ3n) is 11.4. The average molecular weight is 719 g/mol. The highest BCUT2D eigenvalue weighted by atomic mass is 32.1. The van der Waals surface area contributed by atoms with Crippen molar-refractivity contribution in [2.75, 3.05) is 0 Å². The summed E-state index contributed by atoms with van der Waals surface area (Å²) in [6, 6.07) is 67.8. The fraction of sp³-hybridized carbons (Fsp3) is 0. The van der Waals surface area contributed by atoms with Crippen molar-refractivity contribution >= 4 is 106 Å². The molecule has 0 N–H and O–H groups in total. The Bertz CT molecular complexity index is 3430. The fourth-order valence-electron chi connectivity index (χ4n) is 9.01. The Morgan fingerprint density at radius 3 is 1.37 bits per heavy atom. The molecule has 0 radical (unpaired) electrons. The lowest BCUT2D eigenvalue weighted by molar-refractivity contribution is 1.63. The summed E-state index contributed by atoms with van der Waals surface area (Å²) >= 11 is 3.79. The molecule has 2 aromatic heterocycles. The minimum atomic E-state index is 1.23. The first kappa shape index (κ1) is 30.2. The van der Waals surface area contributed by atoms with E-state index < -0.39 is 0 Å². The van der Waals surface area contributed by atoms with Crippen molar-refractivity contribution < 1.29 is 0 Å². The first-order valence-corrected chi connectivity index (χ1v) is 20.1. The first-order valence-electron chi connectivity index (χ1n) is 18.5. The molecule has 0 saturated carbocycles. The van der Waals surface area contributed by atoms with Crippen LogP contribution in [0.2, 0.25) is 0 Å². The van der Waals surface area contributed by atoms with Gasteiger partial charge in [-0.1, -0.05) is 152 Å². The van der Waals surface area contributed by atoms with Crippen LogP contribution in [0.25, 0.3) is 117 Å². The third-order valence-corrected chi connectivity index (χ3v) is 13.7. The van der Waals surface area contributed by atoms with E-state index in [1.54, 1.807) is 0 Å². The maximum atomic E-state index is 2.39. The normalized spacial score (nSPS) is 12.1. The Kier molecular flexibility index (Phi) is 6.48. The number of hydrogen-bond donors (Lipinski definition) is 0. The highest BCUT2D eigenvalue weighted by Crippen LogP contribution is 2.46. The standard InChI is InChI=1S/C52H30S2/c1-2-10-34-29-36(22-19-31(34)9-1)50-39-13-5-3-11-37(39)49(38-12-4-6-14-40(38)50)33-20-17-32(18-21-33)35-23-24-44-48(30-35)54-47-28-26-41-42(52(44)47)25-27-46-51(41)43-15-7-8-16-45(43)53-46/h1-30H. The Hall–Kier alpha value is -6.32. The van der Waals surface area contributed by atoms with Gasteiger partial charge < -0.3 is 0 Å². The molecule has 0 nitrogen and oxygen atoms in total. The Morgan fingerprint density at radius 1 is 0.241 bits per heavy atom. The van der Waals surface area contributed by atoms with Crippen molar-refractivity contribution in [3.05, 3.63) is 182 Å². The molecule has 2 heteroatoms. The van der Waals surface area contributed by atoms with E-state index in [0.717, 1.165) is 0 Å². The van der Waals surface area contributed by atoms with Crippen LogP contribution in [0.3, 0.4) is 0 Å². The van der Waals surface area contributed by atoms with Gasteiger partial charge in [0.05, 0.1) is 0 Å². The van der Waals surface area contributed by atoms with Crippen molar-refractivity contribution in [2.24, 2.45) is 0 Å². The molecule has 0 aliphatic carbocycles. The largest absolute Gasteiger partial charge is 0.135 e. The lowest BCUT2D eigenvalue weighted by Crippen LogP contribution is -1.91. The molecular weight excluding hydrogens is 689 g/mol. The lowest BCUT2D eigenvalue weighted by Gasteiger charge is -2.18. The zero-order valence-electron chi connectivity index (χ0n) is 29.1. The van der Waals surface area contributed by atoms with E-state index in [2.05, 4.69) is 182 Å². The van der Waals surface area contributed by atoms with Crippen LogP contribution in [-0.2, 0) is 0 Å². The smallest absolute Gasteiger partial charge is 0.0361 e. The molecule has 0 saturated heterocycles. The van der Waals surface area contributed by atoms with E-state index in [0.29, 0.717) is 0 Å². The number of rotatable bonds is 3. The molecule has 0 unspecified atom stereocenters. The molecular formula is C52H30S2. The second-order valence-electron chi connectivity index (χ2n) is 14.4. The monoisotopic (exact) mass is 718 g/mol. The molecule has 0 bridgehead atoms. The van der Waals surface area contributed by atoms with E-state index >= 15 is 0 Å². The molecule has 12 aromatic rings. The highest BCUT2D eigenvalue weighted by Gasteiger charge is 2.18. The summed E-state index contributed by atoms with van der Waals surface area (Å²) in [5.41, 5.74) is 7.55. The molecule has 250 valence electrons. The molecule has 0 fully saturated rings. The van der Waals surface area contributed by atoms with Crippen LogP contribution in [0.5, 0.6) is 0 Å². The molecule has 0 spiro atoms. The first-order chi connectivity index (χ1) is 26.8. The predicted octanol–water partition coefficient (Wildman–Crippen LogP) is 16.0. The number of benzene rings is 10. The van der Waals surface area contributed by atoms with E-state index in [4.69, 9.17) is 0 Å².